The van der Waals surface area contributed by atoms with Gasteiger partial charge in [-0.25, -0.2) is 14.8 Å². The third-order valence-electron chi connectivity index (χ3n) is 4.77. The second-order valence-corrected chi connectivity index (χ2v) is 6.26. The van der Waals surface area contributed by atoms with E-state index in [-0.39, 0.29) is 11.7 Å². The fourth-order valence-corrected chi connectivity index (χ4v) is 3.53. The summed E-state index contributed by atoms with van der Waals surface area (Å²) < 4.78 is 12.3. The molecule has 1 unspecified atom stereocenters. The topological polar surface area (TPSA) is 73.4 Å². The summed E-state index contributed by atoms with van der Waals surface area (Å²) in [7, 11) is 3.39. The van der Waals surface area contributed by atoms with Crippen molar-refractivity contribution in [3.63, 3.8) is 0 Å². The van der Waals surface area contributed by atoms with Crippen molar-refractivity contribution in [2.75, 3.05) is 13.7 Å². The largest absolute Gasteiger partial charge is 0.464 e. The van der Waals surface area contributed by atoms with E-state index >= 15 is 0 Å². The molecule has 0 aliphatic carbocycles. The summed E-state index contributed by atoms with van der Waals surface area (Å²) in [5.41, 5.74) is 2.35. The first-order valence-corrected chi connectivity index (χ1v) is 8.35. The van der Waals surface area contributed by atoms with Crippen LogP contribution in [0.4, 0.5) is 0 Å². The number of methoxy groups -OCH3 is 1. The molecule has 3 heterocycles. The van der Waals surface area contributed by atoms with Crippen LogP contribution in [0.5, 0.6) is 0 Å². The number of likely N-dealkylation sites (tertiary alicyclic amines) is 1. The van der Waals surface area contributed by atoms with Gasteiger partial charge in [-0.3, -0.25) is 4.90 Å². The SMILES string of the molecule is COC(=O)c1coc(CN2CCCC2c2nc3ccccc3n2C)n1. The Morgan fingerprint density at radius 2 is 2.20 bits per heavy atom. The number of carbonyl (C=O) groups is 1. The number of rotatable bonds is 4. The number of aromatic nitrogens is 3. The van der Waals surface area contributed by atoms with E-state index < -0.39 is 5.97 Å². The number of fused-ring (bicyclic) bond motifs is 1. The Bertz CT molecular complexity index is 914. The van der Waals surface area contributed by atoms with Gasteiger partial charge in [0.15, 0.2) is 5.69 Å². The summed E-state index contributed by atoms with van der Waals surface area (Å²) in [6, 6.07) is 8.37. The van der Waals surface area contributed by atoms with E-state index in [2.05, 4.69) is 32.3 Å². The molecule has 0 saturated carbocycles. The van der Waals surface area contributed by atoms with Gasteiger partial charge in [0.2, 0.25) is 5.89 Å². The van der Waals surface area contributed by atoms with Crippen LogP contribution in [0.2, 0.25) is 0 Å². The highest BCUT2D eigenvalue weighted by atomic mass is 16.5. The number of nitrogens with zero attached hydrogens (tertiary/aromatic N) is 4. The summed E-state index contributed by atoms with van der Waals surface area (Å²) in [4.78, 5) is 22.9. The van der Waals surface area contributed by atoms with Gasteiger partial charge in [-0.2, -0.15) is 0 Å². The van der Waals surface area contributed by atoms with Gasteiger partial charge in [0, 0.05) is 7.05 Å². The van der Waals surface area contributed by atoms with Gasteiger partial charge >= 0.3 is 5.97 Å². The minimum absolute atomic E-state index is 0.205. The van der Waals surface area contributed by atoms with Crippen LogP contribution in [0.25, 0.3) is 11.0 Å². The lowest BCUT2D eigenvalue weighted by atomic mass is 10.2. The number of hydrogen-bond donors (Lipinski definition) is 0. The van der Waals surface area contributed by atoms with Gasteiger partial charge in [0.1, 0.15) is 12.1 Å². The molecule has 0 N–H and O–H groups in total. The molecule has 7 nitrogen and oxygen atoms in total. The van der Waals surface area contributed by atoms with E-state index in [1.54, 1.807) is 0 Å². The Kier molecular flexibility index (Phi) is 4.01. The number of hydrogen-bond acceptors (Lipinski definition) is 6. The molecule has 130 valence electrons. The van der Waals surface area contributed by atoms with E-state index in [0.29, 0.717) is 12.4 Å². The average Bonchev–Trinajstić information content (AvgIpc) is 3.35. The second-order valence-electron chi connectivity index (χ2n) is 6.26. The maximum atomic E-state index is 11.5. The number of oxazole rings is 1. The number of para-hydroxylation sites is 2. The lowest BCUT2D eigenvalue weighted by Gasteiger charge is -2.22. The Balaban J connectivity index is 1.58. The molecule has 1 aliphatic rings. The van der Waals surface area contributed by atoms with Crippen LogP contribution in [0, 0.1) is 0 Å². The van der Waals surface area contributed by atoms with Crippen molar-refractivity contribution < 1.29 is 13.9 Å². The molecule has 0 spiro atoms. The summed E-state index contributed by atoms with van der Waals surface area (Å²) >= 11 is 0. The summed E-state index contributed by atoms with van der Waals surface area (Å²) in [6.07, 6.45) is 3.49. The fraction of sp³-hybridized carbons (Fsp3) is 0.389. The van der Waals surface area contributed by atoms with Gasteiger partial charge < -0.3 is 13.7 Å². The van der Waals surface area contributed by atoms with Crippen LogP contribution >= 0.6 is 0 Å². The minimum atomic E-state index is -0.483. The highest BCUT2D eigenvalue weighted by Gasteiger charge is 2.31. The van der Waals surface area contributed by atoms with E-state index in [9.17, 15) is 4.79 Å². The molecule has 0 bridgehead atoms. The van der Waals surface area contributed by atoms with Crippen molar-refractivity contribution in [3.8, 4) is 0 Å². The molecule has 4 rings (SSSR count). The molecule has 25 heavy (non-hydrogen) atoms. The number of aryl methyl sites for hydroxylation is 1. The second kappa shape index (κ2) is 6.33. The number of imidazole rings is 1. The minimum Gasteiger partial charge on any atom is -0.464 e. The normalized spacial score (nSPS) is 18.1. The molecule has 1 aliphatic heterocycles. The van der Waals surface area contributed by atoms with Crippen molar-refractivity contribution in [3.05, 3.63) is 47.9 Å². The third kappa shape index (κ3) is 2.80. The van der Waals surface area contributed by atoms with E-state index in [4.69, 9.17) is 9.40 Å². The monoisotopic (exact) mass is 340 g/mol. The molecule has 1 saturated heterocycles. The van der Waals surface area contributed by atoms with Crippen molar-refractivity contribution in [2.45, 2.75) is 25.4 Å². The lowest BCUT2D eigenvalue weighted by Crippen LogP contribution is -2.25. The van der Waals surface area contributed by atoms with Gasteiger partial charge in [-0.05, 0) is 31.5 Å². The van der Waals surface area contributed by atoms with Crippen LogP contribution in [-0.4, -0.2) is 39.1 Å². The Morgan fingerprint density at radius 1 is 1.36 bits per heavy atom. The van der Waals surface area contributed by atoms with Gasteiger partial charge in [0.05, 0.1) is 30.7 Å². The molecular formula is C18H20N4O3. The molecular weight excluding hydrogens is 320 g/mol. The third-order valence-corrected chi connectivity index (χ3v) is 4.77. The molecule has 3 aromatic rings. The maximum Gasteiger partial charge on any atom is 0.360 e. The van der Waals surface area contributed by atoms with E-state index in [1.165, 1.54) is 13.4 Å². The predicted octanol–water partition coefficient (Wildman–Crippen LogP) is 2.69. The van der Waals surface area contributed by atoms with Gasteiger partial charge in [-0.15, -0.1) is 0 Å². The number of benzene rings is 1. The smallest absolute Gasteiger partial charge is 0.360 e. The standard InChI is InChI=1S/C18H20N4O3/c1-21-14-7-4-3-6-12(14)20-17(21)15-8-5-9-22(15)10-16-19-13(11-25-16)18(23)24-2/h3-4,6-7,11,15H,5,8-10H2,1-2H3. The van der Waals surface area contributed by atoms with Crippen LogP contribution < -0.4 is 0 Å². The first-order valence-electron chi connectivity index (χ1n) is 8.35. The van der Waals surface area contributed by atoms with Crippen molar-refractivity contribution in [1.29, 1.82) is 0 Å². The molecule has 0 radical (unpaired) electrons. The lowest BCUT2D eigenvalue weighted by molar-refractivity contribution is 0.0594. The summed E-state index contributed by atoms with van der Waals surface area (Å²) in [6.45, 7) is 1.49. The highest BCUT2D eigenvalue weighted by Crippen LogP contribution is 2.33. The van der Waals surface area contributed by atoms with Gasteiger partial charge in [-0.1, -0.05) is 12.1 Å². The first kappa shape index (κ1) is 15.8. The molecule has 1 atom stereocenters. The number of carbonyl (C=O) groups excluding carboxylic acids is 1. The van der Waals surface area contributed by atoms with Crippen LogP contribution in [0.15, 0.2) is 34.9 Å². The van der Waals surface area contributed by atoms with Crippen molar-refractivity contribution >= 4 is 17.0 Å². The highest BCUT2D eigenvalue weighted by molar-refractivity contribution is 5.86. The zero-order valence-corrected chi connectivity index (χ0v) is 14.3. The van der Waals surface area contributed by atoms with Crippen LogP contribution in [0.3, 0.4) is 0 Å². The maximum absolute atomic E-state index is 11.5. The molecule has 1 fully saturated rings. The number of ether oxygens (including phenoxy) is 1. The Hall–Kier alpha value is -2.67. The molecule has 7 heteroatoms. The molecule has 1 aromatic carbocycles. The Labute approximate surface area is 145 Å². The number of esters is 1. The first-order chi connectivity index (χ1) is 12.2. The Morgan fingerprint density at radius 3 is 3.00 bits per heavy atom. The summed E-state index contributed by atoms with van der Waals surface area (Å²) in [5, 5.41) is 0. The quantitative estimate of drug-likeness (QED) is 0.680. The van der Waals surface area contributed by atoms with Crippen LogP contribution in [-0.2, 0) is 18.3 Å². The van der Waals surface area contributed by atoms with E-state index in [0.717, 1.165) is 36.2 Å². The zero-order valence-electron chi connectivity index (χ0n) is 14.3. The fourth-order valence-electron chi connectivity index (χ4n) is 3.53. The zero-order chi connectivity index (χ0) is 17.4. The van der Waals surface area contributed by atoms with Crippen molar-refractivity contribution in [1.82, 2.24) is 19.4 Å². The average molecular weight is 340 g/mol. The van der Waals surface area contributed by atoms with E-state index in [1.807, 2.05) is 18.2 Å². The molecule has 0 amide bonds. The van der Waals surface area contributed by atoms with Crippen LogP contribution in [0.1, 0.15) is 41.1 Å². The summed E-state index contributed by atoms with van der Waals surface area (Å²) in [5.74, 6) is 1.09. The van der Waals surface area contributed by atoms with Gasteiger partial charge in [0.25, 0.3) is 0 Å². The molecule has 2 aromatic heterocycles. The predicted molar refractivity (Wildman–Crippen MR) is 90.9 cm³/mol. The van der Waals surface area contributed by atoms with Crippen molar-refractivity contribution in [2.24, 2.45) is 7.05 Å².